The third-order valence-corrected chi connectivity index (χ3v) is 5.66. The molecule has 0 aromatic heterocycles. The summed E-state index contributed by atoms with van der Waals surface area (Å²) < 4.78 is 70.2. The zero-order valence-electron chi connectivity index (χ0n) is 25.1. The Kier molecular flexibility index (Phi) is 2.94. The third-order valence-electron chi connectivity index (χ3n) is 5.66. The van der Waals surface area contributed by atoms with Crippen LogP contribution in [0.4, 0.5) is 0 Å². The van der Waals surface area contributed by atoms with Crippen LogP contribution in [0, 0.1) is 0 Å². The van der Waals surface area contributed by atoms with Crippen molar-refractivity contribution in [2.24, 2.45) is 0 Å². The smallest absolute Gasteiger partial charge is 0.0622 e. The van der Waals surface area contributed by atoms with Crippen LogP contribution in [0.3, 0.4) is 0 Å². The van der Waals surface area contributed by atoms with Crippen molar-refractivity contribution in [3.63, 3.8) is 0 Å². The first-order valence-corrected chi connectivity index (χ1v) is 10.4. The third kappa shape index (κ3) is 3.09. The van der Waals surface area contributed by atoms with Crippen LogP contribution in [0.2, 0.25) is 0 Å². The van der Waals surface area contributed by atoms with Gasteiger partial charge in [0.1, 0.15) is 0 Å². The molecule has 0 N–H and O–H groups in total. The summed E-state index contributed by atoms with van der Waals surface area (Å²) >= 11 is 0. The van der Waals surface area contributed by atoms with E-state index in [-0.39, 0.29) is 52.4 Å². The van der Waals surface area contributed by atoms with Gasteiger partial charge in [-0.3, -0.25) is 0 Å². The van der Waals surface area contributed by atoms with Gasteiger partial charge in [-0.2, -0.15) is 0 Å². The van der Waals surface area contributed by atoms with Gasteiger partial charge >= 0.3 is 0 Å². The summed E-state index contributed by atoms with van der Waals surface area (Å²) in [6.07, 6.45) is 0. The zero-order valence-corrected chi connectivity index (χ0v) is 17.1. The summed E-state index contributed by atoms with van der Waals surface area (Å²) in [6.45, 7) is 0. The van der Waals surface area contributed by atoms with Crippen molar-refractivity contribution in [1.29, 1.82) is 0 Å². The first kappa shape index (κ1) is 12.0. The molecule has 6 aromatic rings. The van der Waals surface area contributed by atoms with E-state index in [0.717, 1.165) is 11.1 Å². The van der Waals surface area contributed by atoms with Crippen LogP contribution >= 0.6 is 0 Å². The van der Waals surface area contributed by atoms with Crippen LogP contribution in [0.25, 0.3) is 54.9 Å². The standard InChI is InChI=1S/C32H22/c1-3-12-23(13-4-1)27-18-9-10-20-29(27)30-21-11-17-26-22-25-16-7-8-19-28(25)31(32(26)30)24-14-5-2-6-15-24/h1-22H/i7D,8D,11D,16D,17D,19D,21D,22D. The average molecular weight is 415 g/mol. The van der Waals surface area contributed by atoms with Crippen molar-refractivity contribution in [1.82, 2.24) is 0 Å². The molecule has 0 nitrogen and oxygen atoms in total. The normalized spacial score (nSPS) is 14.6. The second kappa shape index (κ2) is 7.83. The van der Waals surface area contributed by atoms with E-state index in [9.17, 15) is 0 Å². The molecule has 6 aromatic carbocycles. The monoisotopic (exact) mass is 414 g/mol. The highest BCUT2D eigenvalue weighted by molar-refractivity contribution is 6.18. The molecule has 0 heteroatoms. The molecule has 0 unspecified atom stereocenters. The molecular formula is C32H22. The van der Waals surface area contributed by atoms with Gasteiger partial charge in [-0.15, -0.1) is 0 Å². The Hall–Kier alpha value is -4.16. The molecule has 0 aliphatic heterocycles. The van der Waals surface area contributed by atoms with E-state index in [1.165, 1.54) is 0 Å². The van der Waals surface area contributed by atoms with Crippen LogP contribution < -0.4 is 0 Å². The van der Waals surface area contributed by atoms with Crippen molar-refractivity contribution in [2.75, 3.05) is 0 Å². The minimum atomic E-state index is -0.464. The van der Waals surface area contributed by atoms with Gasteiger partial charge in [-0.25, -0.2) is 0 Å². The molecule has 0 spiro atoms. The van der Waals surface area contributed by atoms with Crippen molar-refractivity contribution in [2.45, 2.75) is 0 Å². The van der Waals surface area contributed by atoms with Gasteiger partial charge in [0.15, 0.2) is 0 Å². The predicted molar refractivity (Wildman–Crippen MR) is 138 cm³/mol. The Morgan fingerprint density at radius 2 is 1.09 bits per heavy atom. The lowest BCUT2D eigenvalue weighted by atomic mass is 9.85. The van der Waals surface area contributed by atoms with Gasteiger partial charge in [-0.05, 0) is 61.0 Å². The SMILES string of the molecule is [2H]c1c([2H])c([2H])c2c(-c3ccccc3)c3c(-c4ccccc4-c4ccccc4)c([2H])c([2H])c([2H])c3c([2H])c2c1[2H]. The maximum Gasteiger partial charge on any atom is 0.0636 e. The minimum absolute atomic E-state index is 0.00900. The second-order valence-corrected chi connectivity index (χ2v) is 7.53. The lowest BCUT2D eigenvalue weighted by molar-refractivity contribution is 1.60. The fourth-order valence-electron chi connectivity index (χ4n) is 4.26. The Morgan fingerprint density at radius 3 is 1.88 bits per heavy atom. The topological polar surface area (TPSA) is 0 Å². The molecule has 0 fully saturated rings. The molecule has 0 amide bonds. The van der Waals surface area contributed by atoms with E-state index in [4.69, 9.17) is 11.0 Å². The summed E-state index contributed by atoms with van der Waals surface area (Å²) in [4.78, 5) is 0. The molecular weight excluding hydrogens is 384 g/mol. The van der Waals surface area contributed by atoms with E-state index in [2.05, 4.69) is 0 Å². The van der Waals surface area contributed by atoms with Gasteiger partial charge < -0.3 is 0 Å². The maximum absolute atomic E-state index is 9.17. The van der Waals surface area contributed by atoms with Crippen molar-refractivity contribution < 1.29 is 11.0 Å². The summed E-state index contributed by atoms with van der Waals surface area (Å²) in [5, 5.41) is 0.577. The fraction of sp³-hybridized carbons (Fsp3) is 0. The largest absolute Gasteiger partial charge is 0.0636 e. The molecule has 0 bridgehead atoms. The second-order valence-electron chi connectivity index (χ2n) is 7.53. The molecule has 6 rings (SSSR count). The lowest BCUT2D eigenvalue weighted by Crippen LogP contribution is -1.91. The highest BCUT2D eigenvalue weighted by atomic mass is 14.2. The average Bonchev–Trinajstić information content (AvgIpc) is 2.98. The molecule has 0 aliphatic carbocycles. The Morgan fingerprint density at radius 1 is 0.469 bits per heavy atom. The number of hydrogen-bond acceptors (Lipinski definition) is 0. The van der Waals surface area contributed by atoms with Crippen LogP contribution in [-0.2, 0) is 0 Å². The number of fused-ring (bicyclic) bond motifs is 2. The van der Waals surface area contributed by atoms with E-state index < -0.39 is 12.1 Å². The molecule has 0 aliphatic rings. The summed E-state index contributed by atoms with van der Waals surface area (Å²) in [5.74, 6) is 0. The zero-order chi connectivity index (χ0) is 28.3. The summed E-state index contributed by atoms with van der Waals surface area (Å²) in [6, 6.07) is 23.6. The quantitative estimate of drug-likeness (QED) is 0.253. The fourth-order valence-corrected chi connectivity index (χ4v) is 4.26. The lowest BCUT2D eigenvalue weighted by Gasteiger charge is -2.18. The van der Waals surface area contributed by atoms with Crippen LogP contribution in [0.5, 0.6) is 0 Å². The van der Waals surface area contributed by atoms with Gasteiger partial charge in [-0.1, -0.05) is 127 Å². The molecule has 0 radical (unpaired) electrons. The van der Waals surface area contributed by atoms with Crippen LogP contribution in [0.1, 0.15) is 11.0 Å². The molecule has 150 valence electrons. The van der Waals surface area contributed by atoms with Gasteiger partial charge in [0.2, 0.25) is 0 Å². The Bertz CT molecular complexity index is 1970. The highest BCUT2D eigenvalue weighted by Gasteiger charge is 2.16. The predicted octanol–water partition coefficient (Wildman–Crippen LogP) is 8.99. The number of benzene rings is 6. The van der Waals surface area contributed by atoms with Crippen molar-refractivity contribution in [3.8, 4) is 33.4 Å². The van der Waals surface area contributed by atoms with E-state index in [1.54, 1.807) is 0 Å². The minimum Gasteiger partial charge on any atom is -0.0622 e. The first-order chi connectivity index (χ1) is 19.2. The van der Waals surface area contributed by atoms with Crippen LogP contribution in [0.15, 0.2) is 133 Å². The molecule has 0 heterocycles. The molecule has 0 saturated heterocycles. The maximum atomic E-state index is 9.17. The van der Waals surface area contributed by atoms with E-state index in [1.807, 2.05) is 84.9 Å². The molecule has 0 saturated carbocycles. The first-order valence-electron chi connectivity index (χ1n) is 14.4. The summed E-state index contributed by atoms with van der Waals surface area (Å²) in [7, 11) is 0. The summed E-state index contributed by atoms with van der Waals surface area (Å²) in [5.41, 5.74) is 3.70. The Balaban J connectivity index is 1.96. The van der Waals surface area contributed by atoms with Crippen LogP contribution in [-0.4, -0.2) is 0 Å². The van der Waals surface area contributed by atoms with Gasteiger partial charge in [0.25, 0.3) is 0 Å². The number of hydrogen-bond donors (Lipinski definition) is 0. The Labute approximate surface area is 199 Å². The number of rotatable bonds is 3. The van der Waals surface area contributed by atoms with Gasteiger partial charge in [0, 0.05) is 0 Å². The van der Waals surface area contributed by atoms with Crippen molar-refractivity contribution >= 4 is 21.5 Å². The van der Waals surface area contributed by atoms with Crippen molar-refractivity contribution in [3.05, 3.63) is 133 Å². The molecule has 0 atom stereocenters. The van der Waals surface area contributed by atoms with E-state index in [0.29, 0.717) is 27.6 Å². The van der Waals surface area contributed by atoms with E-state index >= 15 is 0 Å². The molecule has 32 heavy (non-hydrogen) atoms. The van der Waals surface area contributed by atoms with Gasteiger partial charge in [0.05, 0.1) is 11.0 Å². The highest BCUT2D eigenvalue weighted by Crippen LogP contribution is 2.43.